The van der Waals surface area contributed by atoms with Crippen molar-refractivity contribution in [2.75, 3.05) is 0 Å². The predicted octanol–water partition coefficient (Wildman–Crippen LogP) is 3.82. The molecule has 0 spiro atoms. The van der Waals surface area contributed by atoms with Crippen molar-refractivity contribution in [1.82, 2.24) is 10.9 Å². The maximum atomic E-state index is 13.0. The lowest BCUT2D eigenvalue weighted by atomic mass is 9.49. The molecular weight excluding hydrogens is 324 g/mol. The van der Waals surface area contributed by atoms with Crippen LogP contribution in [0.5, 0.6) is 0 Å². The molecule has 0 radical (unpaired) electrons. The van der Waals surface area contributed by atoms with Crippen molar-refractivity contribution in [1.29, 1.82) is 0 Å². The van der Waals surface area contributed by atoms with Crippen LogP contribution in [0.3, 0.4) is 0 Å². The molecular formula is C22H24N2O2. The second-order valence-corrected chi connectivity index (χ2v) is 8.63. The summed E-state index contributed by atoms with van der Waals surface area (Å²) in [6.45, 7) is 0. The molecule has 2 aromatic carbocycles. The lowest BCUT2D eigenvalue weighted by molar-refractivity contribution is -0.147. The molecule has 0 aromatic heterocycles. The molecule has 134 valence electrons. The van der Waals surface area contributed by atoms with Gasteiger partial charge in [0, 0.05) is 5.56 Å². The number of hydrogen-bond acceptors (Lipinski definition) is 2. The summed E-state index contributed by atoms with van der Waals surface area (Å²) in [4.78, 5) is 25.6. The third-order valence-electron chi connectivity index (χ3n) is 6.84. The number of hydrogen-bond donors (Lipinski definition) is 2. The van der Waals surface area contributed by atoms with E-state index in [4.69, 9.17) is 0 Å². The Morgan fingerprint density at radius 1 is 0.808 bits per heavy atom. The number of hydrazine groups is 1. The molecule has 4 aliphatic carbocycles. The van der Waals surface area contributed by atoms with Gasteiger partial charge in [0.25, 0.3) is 5.91 Å². The average molecular weight is 348 g/mol. The molecule has 4 saturated carbocycles. The first kappa shape index (κ1) is 15.9. The van der Waals surface area contributed by atoms with E-state index < -0.39 is 0 Å². The van der Waals surface area contributed by atoms with Crippen molar-refractivity contribution in [3.05, 3.63) is 48.0 Å². The van der Waals surface area contributed by atoms with Crippen LogP contribution in [0.4, 0.5) is 0 Å². The van der Waals surface area contributed by atoms with E-state index in [-0.39, 0.29) is 17.2 Å². The Bertz CT molecular complexity index is 848. The summed E-state index contributed by atoms with van der Waals surface area (Å²) >= 11 is 0. The Labute approximate surface area is 153 Å². The van der Waals surface area contributed by atoms with E-state index in [9.17, 15) is 9.59 Å². The number of carbonyl (C=O) groups excluding carboxylic acids is 2. The molecule has 4 heteroatoms. The van der Waals surface area contributed by atoms with Crippen LogP contribution in [0.15, 0.2) is 42.5 Å². The molecule has 26 heavy (non-hydrogen) atoms. The van der Waals surface area contributed by atoms with Crippen molar-refractivity contribution in [2.45, 2.75) is 38.5 Å². The SMILES string of the molecule is O=C(NNC(=O)C12CC3CC(CC(C3)C1)C2)c1cccc2ccccc12. The minimum absolute atomic E-state index is 0.0187. The Kier molecular flexibility index (Phi) is 3.56. The first-order chi connectivity index (χ1) is 12.6. The van der Waals surface area contributed by atoms with Gasteiger partial charge in [-0.1, -0.05) is 36.4 Å². The van der Waals surface area contributed by atoms with Gasteiger partial charge in [-0.3, -0.25) is 20.4 Å². The van der Waals surface area contributed by atoms with Crippen LogP contribution in [0.2, 0.25) is 0 Å². The van der Waals surface area contributed by atoms with Crippen LogP contribution >= 0.6 is 0 Å². The minimum Gasteiger partial charge on any atom is -0.273 e. The van der Waals surface area contributed by atoms with Gasteiger partial charge in [0.1, 0.15) is 0 Å². The molecule has 0 heterocycles. The van der Waals surface area contributed by atoms with E-state index in [1.807, 2.05) is 36.4 Å². The zero-order valence-electron chi connectivity index (χ0n) is 14.8. The molecule has 2 amide bonds. The highest BCUT2D eigenvalue weighted by atomic mass is 16.2. The minimum atomic E-state index is -0.250. The lowest BCUT2D eigenvalue weighted by Crippen LogP contribution is -2.56. The zero-order valence-corrected chi connectivity index (χ0v) is 14.8. The van der Waals surface area contributed by atoms with Crippen molar-refractivity contribution in [3.8, 4) is 0 Å². The van der Waals surface area contributed by atoms with Crippen LogP contribution in [-0.2, 0) is 4.79 Å². The van der Waals surface area contributed by atoms with Gasteiger partial charge in [-0.2, -0.15) is 0 Å². The number of nitrogens with one attached hydrogen (secondary N) is 2. The van der Waals surface area contributed by atoms with Gasteiger partial charge in [-0.25, -0.2) is 0 Å². The van der Waals surface area contributed by atoms with E-state index in [0.29, 0.717) is 23.3 Å². The second kappa shape index (κ2) is 5.83. The summed E-state index contributed by atoms with van der Waals surface area (Å²) in [5.74, 6) is 1.90. The van der Waals surface area contributed by atoms with Gasteiger partial charge in [0.15, 0.2) is 0 Å². The number of carbonyl (C=O) groups is 2. The molecule has 2 aromatic rings. The summed E-state index contributed by atoms with van der Waals surface area (Å²) in [6.07, 6.45) is 6.89. The second-order valence-electron chi connectivity index (χ2n) is 8.63. The number of amides is 2. The zero-order chi connectivity index (χ0) is 17.7. The molecule has 0 atom stereocenters. The van der Waals surface area contributed by atoms with Gasteiger partial charge in [0.2, 0.25) is 5.91 Å². The first-order valence-corrected chi connectivity index (χ1v) is 9.71. The van der Waals surface area contributed by atoms with E-state index >= 15 is 0 Å². The molecule has 0 aliphatic heterocycles. The van der Waals surface area contributed by atoms with Gasteiger partial charge < -0.3 is 0 Å². The Morgan fingerprint density at radius 2 is 1.42 bits per heavy atom. The molecule has 4 fully saturated rings. The number of benzene rings is 2. The molecule has 4 nitrogen and oxygen atoms in total. The van der Waals surface area contributed by atoms with E-state index in [0.717, 1.165) is 30.0 Å². The smallest absolute Gasteiger partial charge is 0.270 e. The maximum Gasteiger partial charge on any atom is 0.270 e. The third-order valence-corrected chi connectivity index (χ3v) is 6.84. The standard InChI is InChI=1S/C22H24N2O2/c25-20(19-7-3-5-17-4-1-2-6-18(17)19)23-24-21(26)22-11-14-8-15(12-22)10-16(9-14)13-22/h1-7,14-16H,8-13H2,(H,23,25)(H,24,26). The highest BCUT2D eigenvalue weighted by molar-refractivity contribution is 6.07. The lowest BCUT2D eigenvalue weighted by Gasteiger charge is -2.55. The predicted molar refractivity (Wildman–Crippen MR) is 100 cm³/mol. The fourth-order valence-corrected chi connectivity index (χ4v) is 6.13. The van der Waals surface area contributed by atoms with Crippen molar-refractivity contribution < 1.29 is 9.59 Å². The quantitative estimate of drug-likeness (QED) is 0.811. The van der Waals surface area contributed by atoms with Crippen molar-refractivity contribution in [2.24, 2.45) is 23.2 Å². The first-order valence-electron chi connectivity index (χ1n) is 9.71. The highest BCUT2D eigenvalue weighted by Gasteiger charge is 2.54. The molecule has 2 N–H and O–H groups in total. The largest absolute Gasteiger partial charge is 0.273 e. The molecule has 0 saturated heterocycles. The summed E-state index contributed by atoms with van der Waals surface area (Å²) in [6, 6.07) is 13.5. The van der Waals surface area contributed by atoms with Crippen molar-refractivity contribution >= 4 is 22.6 Å². The molecule has 4 bridgehead atoms. The Hall–Kier alpha value is -2.36. The summed E-state index contributed by atoms with van der Waals surface area (Å²) in [7, 11) is 0. The molecule has 4 aliphatic rings. The fourth-order valence-electron chi connectivity index (χ4n) is 6.13. The maximum absolute atomic E-state index is 13.0. The van der Waals surface area contributed by atoms with Crippen LogP contribution < -0.4 is 10.9 Å². The van der Waals surface area contributed by atoms with Crippen LogP contribution in [-0.4, -0.2) is 11.8 Å². The number of rotatable bonds is 2. The highest BCUT2D eigenvalue weighted by Crippen LogP contribution is 2.60. The summed E-state index contributed by atoms with van der Waals surface area (Å²) in [5, 5.41) is 1.92. The topological polar surface area (TPSA) is 58.2 Å². The Morgan fingerprint density at radius 3 is 2.12 bits per heavy atom. The van der Waals surface area contributed by atoms with Crippen LogP contribution in [0.1, 0.15) is 48.9 Å². The van der Waals surface area contributed by atoms with Crippen LogP contribution in [0.25, 0.3) is 10.8 Å². The van der Waals surface area contributed by atoms with Gasteiger partial charge in [-0.05, 0) is 73.1 Å². The van der Waals surface area contributed by atoms with Gasteiger partial charge in [-0.15, -0.1) is 0 Å². The van der Waals surface area contributed by atoms with Crippen LogP contribution in [0, 0.1) is 23.2 Å². The normalized spacial score (nSPS) is 31.8. The third kappa shape index (κ3) is 2.51. The molecule has 0 unspecified atom stereocenters. The summed E-state index contributed by atoms with van der Waals surface area (Å²) in [5.41, 5.74) is 5.78. The monoisotopic (exact) mass is 348 g/mol. The van der Waals surface area contributed by atoms with Gasteiger partial charge in [0.05, 0.1) is 5.41 Å². The average Bonchev–Trinajstić information content (AvgIpc) is 2.64. The van der Waals surface area contributed by atoms with E-state index in [1.54, 1.807) is 6.07 Å². The van der Waals surface area contributed by atoms with Gasteiger partial charge >= 0.3 is 0 Å². The molecule has 6 rings (SSSR count). The summed E-state index contributed by atoms with van der Waals surface area (Å²) < 4.78 is 0. The fraction of sp³-hybridized carbons (Fsp3) is 0.455. The van der Waals surface area contributed by atoms with Crippen molar-refractivity contribution in [3.63, 3.8) is 0 Å². The number of fused-ring (bicyclic) bond motifs is 1. The van der Waals surface area contributed by atoms with E-state index in [1.165, 1.54) is 19.3 Å². The Balaban J connectivity index is 1.31. The van der Waals surface area contributed by atoms with E-state index in [2.05, 4.69) is 10.9 Å².